The molecule has 0 aliphatic carbocycles. The van der Waals surface area contributed by atoms with Gasteiger partial charge in [-0.3, -0.25) is 4.68 Å². The van der Waals surface area contributed by atoms with Gasteiger partial charge in [-0.1, -0.05) is 0 Å². The number of nitrogens with two attached hydrogens (primary N) is 1. The van der Waals surface area contributed by atoms with Crippen molar-refractivity contribution in [2.75, 3.05) is 0 Å². The Kier molecular flexibility index (Phi) is 2.70. The minimum atomic E-state index is -0.192. The van der Waals surface area contributed by atoms with Crippen LogP contribution in [0.2, 0.25) is 0 Å². The van der Waals surface area contributed by atoms with Crippen LogP contribution in [0.3, 0.4) is 0 Å². The highest BCUT2D eigenvalue weighted by Gasteiger charge is 2.14. The van der Waals surface area contributed by atoms with Crippen LogP contribution in [0.25, 0.3) is 0 Å². The molecule has 5 nitrogen and oxygen atoms in total. The fourth-order valence-corrected chi connectivity index (χ4v) is 1.67. The lowest BCUT2D eigenvalue weighted by molar-refractivity contribution is 0.763. The first-order valence-electron chi connectivity index (χ1n) is 5.13. The molecular formula is C11H15N5. The predicted octanol–water partition coefficient (Wildman–Crippen LogP) is 0.875. The third kappa shape index (κ3) is 1.94. The van der Waals surface area contributed by atoms with Gasteiger partial charge in [0.05, 0.1) is 23.6 Å². The van der Waals surface area contributed by atoms with Crippen molar-refractivity contribution in [3.8, 4) is 0 Å². The molecule has 2 rings (SSSR count). The molecule has 0 saturated heterocycles. The van der Waals surface area contributed by atoms with Gasteiger partial charge in [0.15, 0.2) is 0 Å². The lowest BCUT2D eigenvalue weighted by Crippen LogP contribution is -2.14. The topological polar surface area (TPSA) is 69.6 Å². The van der Waals surface area contributed by atoms with E-state index >= 15 is 0 Å². The predicted molar refractivity (Wildman–Crippen MR) is 60.7 cm³/mol. The van der Waals surface area contributed by atoms with Crippen LogP contribution in [-0.4, -0.2) is 20.0 Å². The molecule has 0 saturated carbocycles. The fourth-order valence-electron chi connectivity index (χ4n) is 1.67. The molecule has 2 N–H and O–H groups in total. The van der Waals surface area contributed by atoms with Gasteiger partial charge >= 0.3 is 0 Å². The summed E-state index contributed by atoms with van der Waals surface area (Å²) in [6.07, 6.45) is 3.69. The van der Waals surface area contributed by atoms with Gasteiger partial charge in [-0.05, 0) is 25.5 Å². The average Bonchev–Trinajstić information content (AvgIpc) is 2.67. The Balaban J connectivity index is 2.40. The van der Waals surface area contributed by atoms with Crippen LogP contribution in [0.1, 0.15) is 28.6 Å². The molecule has 0 aliphatic rings. The van der Waals surface area contributed by atoms with Crippen LogP contribution in [0.5, 0.6) is 0 Å². The molecule has 5 heteroatoms. The Morgan fingerprint density at radius 2 is 2.06 bits per heavy atom. The van der Waals surface area contributed by atoms with Crippen molar-refractivity contribution in [2.45, 2.75) is 19.9 Å². The number of rotatable bonds is 2. The third-order valence-corrected chi connectivity index (χ3v) is 2.56. The summed E-state index contributed by atoms with van der Waals surface area (Å²) < 4.78 is 1.74. The summed E-state index contributed by atoms with van der Waals surface area (Å²) in [7, 11) is 1.87. The number of hydrogen-bond donors (Lipinski definition) is 1. The minimum Gasteiger partial charge on any atom is -0.320 e. The zero-order chi connectivity index (χ0) is 11.7. The van der Waals surface area contributed by atoms with E-state index in [4.69, 9.17) is 5.73 Å². The van der Waals surface area contributed by atoms with E-state index in [1.807, 2.05) is 33.2 Å². The van der Waals surface area contributed by atoms with Gasteiger partial charge in [0.25, 0.3) is 0 Å². The summed E-state index contributed by atoms with van der Waals surface area (Å²) in [6, 6.07) is 1.78. The Bertz CT molecular complexity index is 503. The zero-order valence-electron chi connectivity index (χ0n) is 9.68. The van der Waals surface area contributed by atoms with Gasteiger partial charge in [0.1, 0.15) is 0 Å². The van der Waals surface area contributed by atoms with E-state index in [0.717, 1.165) is 22.5 Å². The maximum Gasteiger partial charge on any atom is 0.0651 e. The van der Waals surface area contributed by atoms with Crippen LogP contribution in [0.4, 0.5) is 0 Å². The second-order valence-electron chi connectivity index (χ2n) is 3.95. The van der Waals surface area contributed by atoms with Crippen molar-refractivity contribution in [1.29, 1.82) is 0 Å². The third-order valence-electron chi connectivity index (χ3n) is 2.56. The summed E-state index contributed by atoms with van der Waals surface area (Å²) in [5.74, 6) is 0. The maximum atomic E-state index is 6.18. The van der Waals surface area contributed by atoms with Gasteiger partial charge in [0.2, 0.25) is 0 Å². The number of nitrogens with zero attached hydrogens (tertiary/aromatic N) is 4. The molecule has 0 radical (unpaired) electrons. The first kappa shape index (κ1) is 10.8. The highest BCUT2D eigenvalue weighted by molar-refractivity contribution is 5.31. The van der Waals surface area contributed by atoms with Gasteiger partial charge in [0, 0.05) is 18.8 Å². The zero-order valence-corrected chi connectivity index (χ0v) is 9.68. The highest BCUT2D eigenvalue weighted by atomic mass is 15.2. The molecule has 0 amide bonds. The molecule has 2 aromatic heterocycles. The minimum absolute atomic E-state index is 0.192. The van der Waals surface area contributed by atoms with Crippen molar-refractivity contribution in [2.24, 2.45) is 12.8 Å². The molecule has 2 heterocycles. The largest absolute Gasteiger partial charge is 0.320 e. The van der Waals surface area contributed by atoms with Crippen LogP contribution >= 0.6 is 0 Å². The molecule has 0 aliphatic heterocycles. The van der Waals surface area contributed by atoms with E-state index < -0.39 is 0 Å². The Labute approximate surface area is 94.3 Å². The summed E-state index contributed by atoms with van der Waals surface area (Å²) in [5, 5.41) is 12.2. The van der Waals surface area contributed by atoms with E-state index in [-0.39, 0.29) is 6.04 Å². The number of aryl methyl sites for hydroxylation is 3. The lowest BCUT2D eigenvalue weighted by Gasteiger charge is -2.12. The molecule has 0 aromatic carbocycles. The maximum absolute atomic E-state index is 6.18. The number of hydrogen-bond acceptors (Lipinski definition) is 4. The quantitative estimate of drug-likeness (QED) is 0.810. The summed E-state index contributed by atoms with van der Waals surface area (Å²) in [6.45, 7) is 3.82. The van der Waals surface area contributed by atoms with Crippen molar-refractivity contribution < 1.29 is 0 Å². The van der Waals surface area contributed by atoms with Crippen LogP contribution in [-0.2, 0) is 7.05 Å². The number of aromatic nitrogens is 4. The average molecular weight is 217 g/mol. The van der Waals surface area contributed by atoms with Gasteiger partial charge in [-0.15, -0.1) is 0 Å². The first-order chi connectivity index (χ1) is 7.58. The highest BCUT2D eigenvalue weighted by Crippen LogP contribution is 2.20. The summed E-state index contributed by atoms with van der Waals surface area (Å²) in [5.41, 5.74) is 9.90. The molecule has 2 aromatic rings. The van der Waals surface area contributed by atoms with Crippen molar-refractivity contribution >= 4 is 0 Å². The van der Waals surface area contributed by atoms with Gasteiger partial charge in [-0.2, -0.15) is 15.3 Å². The van der Waals surface area contributed by atoms with Gasteiger partial charge in [-0.25, -0.2) is 0 Å². The van der Waals surface area contributed by atoms with E-state index in [2.05, 4.69) is 15.3 Å². The lowest BCUT2D eigenvalue weighted by atomic mass is 10.0. The summed E-state index contributed by atoms with van der Waals surface area (Å²) >= 11 is 0. The van der Waals surface area contributed by atoms with Crippen molar-refractivity contribution in [3.05, 3.63) is 41.0 Å². The smallest absolute Gasteiger partial charge is 0.0651 e. The molecule has 0 bridgehead atoms. The standard InChI is InChI=1S/C11H15N5/c1-7-4-10(8(2)15-14-7)11(12)9-5-13-16(3)6-9/h4-6,11H,12H2,1-3H3. The fraction of sp³-hybridized carbons (Fsp3) is 0.364. The molecule has 84 valence electrons. The molecule has 0 spiro atoms. The van der Waals surface area contributed by atoms with E-state index in [1.54, 1.807) is 10.9 Å². The summed E-state index contributed by atoms with van der Waals surface area (Å²) in [4.78, 5) is 0. The Morgan fingerprint density at radius 3 is 2.69 bits per heavy atom. The first-order valence-corrected chi connectivity index (χ1v) is 5.13. The molecular weight excluding hydrogens is 202 g/mol. The molecule has 1 atom stereocenters. The van der Waals surface area contributed by atoms with E-state index in [1.165, 1.54) is 0 Å². The second kappa shape index (κ2) is 4.02. The Hall–Kier alpha value is -1.75. The van der Waals surface area contributed by atoms with Gasteiger partial charge < -0.3 is 5.73 Å². The van der Waals surface area contributed by atoms with E-state index in [9.17, 15) is 0 Å². The SMILES string of the molecule is Cc1cc(C(N)c2cnn(C)c2)c(C)nn1. The molecule has 16 heavy (non-hydrogen) atoms. The van der Waals surface area contributed by atoms with Crippen molar-refractivity contribution in [3.63, 3.8) is 0 Å². The Morgan fingerprint density at radius 1 is 1.31 bits per heavy atom. The molecule has 0 fully saturated rings. The van der Waals surface area contributed by atoms with Crippen LogP contribution in [0.15, 0.2) is 18.5 Å². The second-order valence-corrected chi connectivity index (χ2v) is 3.95. The van der Waals surface area contributed by atoms with Crippen LogP contribution in [0, 0.1) is 13.8 Å². The van der Waals surface area contributed by atoms with Crippen molar-refractivity contribution in [1.82, 2.24) is 20.0 Å². The van der Waals surface area contributed by atoms with Crippen LogP contribution < -0.4 is 5.73 Å². The monoisotopic (exact) mass is 217 g/mol. The molecule has 1 unspecified atom stereocenters. The van der Waals surface area contributed by atoms with E-state index in [0.29, 0.717) is 0 Å². The normalized spacial score (nSPS) is 12.8.